The fourth-order valence-corrected chi connectivity index (χ4v) is 2.40. The van der Waals surface area contributed by atoms with Crippen LogP contribution in [0.4, 0.5) is 0 Å². The van der Waals surface area contributed by atoms with Crippen molar-refractivity contribution in [3.63, 3.8) is 0 Å². The van der Waals surface area contributed by atoms with Crippen LogP contribution in [0.2, 0.25) is 0 Å². The summed E-state index contributed by atoms with van der Waals surface area (Å²) in [7, 11) is 0. The highest BCUT2D eigenvalue weighted by Crippen LogP contribution is 2.33. The number of aliphatic hydroxyl groups excluding tert-OH is 1. The van der Waals surface area contributed by atoms with Crippen LogP contribution in [0.3, 0.4) is 0 Å². The molecule has 1 aliphatic carbocycles. The first-order chi connectivity index (χ1) is 8.34. The molecule has 0 atom stereocenters. The molecule has 0 aliphatic heterocycles. The third-order valence-corrected chi connectivity index (χ3v) is 3.27. The summed E-state index contributed by atoms with van der Waals surface area (Å²) in [4.78, 5) is 0. The number of nitrogens with zero attached hydrogens (tertiary/aromatic N) is 2. The molecule has 1 N–H and O–H groups in total. The van der Waals surface area contributed by atoms with E-state index in [1.54, 1.807) is 6.08 Å². The summed E-state index contributed by atoms with van der Waals surface area (Å²) in [5, 5.41) is 10.3. The average Bonchev–Trinajstić information content (AvgIpc) is 3.03. The minimum atomic E-state index is -0.554. The molecule has 0 radical (unpaired) electrons. The Kier molecular flexibility index (Phi) is 2.18. The molecule has 86 valence electrons. The minimum Gasteiger partial charge on any atom is -0.508 e. The Morgan fingerprint density at radius 2 is 1.47 bits per heavy atom. The van der Waals surface area contributed by atoms with Gasteiger partial charge in [-0.05, 0) is 30.3 Å². The van der Waals surface area contributed by atoms with Crippen molar-refractivity contribution in [1.29, 1.82) is 0 Å². The molecule has 0 aromatic carbocycles. The minimum absolute atomic E-state index is 0.354. The monoisotopic (exact) mass is 226 g/mol. The van der Waals surface area contributed by atoms with E-state index in [1.165, 1.54) is 0 Å². The lowest BCUT2D eigenvalue weighted by molar-refractivity contribution is 0.181. The van der Waals surface area contributed by atoms with E-state index in [-0.39, 0.29) is 0 Å². The molecule has 0 fully saturated rings. The molecule has 2 heterocycles. The van der Waals surface area contributed by atoms with Gasteiger partial charge < -0.3 is 14.2 Å². The maximum absolute atomic E-state index is 10.3. The van der Waals surface area contributed by atoms with Gasteiger partial charge in [-0.2, -0.15) is 0 Å². The predicted octanol–water partition coefficient (Wildman–Crippen LogP) is 2.89. The Balaban J connectivity index is 2.22. The largest absolute Gasteiger partial charge is 0.508 e. The van der Waals surface area contributed by atoms with E-state index in [0.29, 0.717) is 5.76 Å². The first-order valence-electron chi connectivity index (χ1n) is 5.67. The molecule has 3 heteroatoms. The lowest BCUT2D eigenvalue weighted by Crippen LogP contribution is -2.42. The molecule has 0 saturated heterocycles. The van der Waals surface area contributed by atoms with Crippen molar-refractivity contribution < 1.29 is 5.11 Å². The molecule has 1 aliphatic rings. The molecular formula is C14H14N2O. The average molecular weight is 226 g/mol. The maximum Gasteiger partial charge on any atom is 0.182 e. The second-order valence-corrected chi connectivity index (χ2v) is 4.18. The van der Waals surface area contributed by atoms with Gasteiger partial charge >= 0.3 is 0 Å². The first kappa shape index (κ1) is 10.0. The molecule has 0 saturated carbocycles. The van der Waals surface area contributed by atoms with Gasteiger partial charge in [-0.15, -0.1) is 0 Å². The van der Waals surface area contributed by atoms with E-state index in [9.17, 15) is 5.11 Å². The van der Waals surface area contributed by atoms with E-state index < -0.39 is 5.66 Å². The molecule has 0 unspecified atom stereocenters. The molecule has 3 rings (SSSR count). The molecule has 2 aromatic heterocycles. The van der Waals surface area contributed by atoms with Gasteiger partial charge in [-0.1, -0.05) is 12.2 Å². The van der Waals surface area contributed by atoms with Gasteiger partial charge in [-0.3, -0.25) is 0 Å². The first-order valence-corrected chi connectivity index (χ1v) is 5.67. The fraction of sp³-hybridized carbons (Fsp3) is 0.143. The molecule has 0 amide bonds. The number of aliphatic hydroxyl groups is 1. The van der Waals surface area contributed by atoms with Crippen molar-refractivity contribution in [1.82, 2.24) is 9.13 Å². The normalized spacial score (nSPS) is 18.0. The maximum atomic E-state index is 10.3. The summed E-state index contributed by atoms with van der Waals surface area (Å²) >= 11 is 0. The summed E-state index contributed by atoms with van der Waals surface area (Å²) in [6.45, 7) is 0. The number of hydrogen-bond donors (Lipinski definition) is 1. The standard InChI is InChI=1S/C14H14N2O/c17-13-7-1-2-8-14(13,15-9-3-4-10-15)16-11-5-6-12-16/h1-7,9-12,17H,8H2. The van der Waals surface area contributed by atoms with Crippen molar-refractivity contribution in [2.45, 2.75) is 12.1 Å². The number of aromatic nitrogens is 2. The van der Waals surface area contributed by atoms with E-state index in [1.807, 2.05) is 64.3 Å². The van der Waals surface area contributed by atoms with Crippen LogP contribution in [-0.4, -0.2) is 14.2 Å². The van der Waals surface area contributed by atoms with Crippen LogP contribution in [0.25, 0.3) is 0 Å². The number of rotatable bonds is 2. The van der Waals surface area contributed by atoms with E-state index >= 15 is 0 Å². The van der Waals surface area contributed by atoms with Crippen LogP contribution in [0, 0.1) is 0 Å². The zero-order valence-electron chi connectivity index (χ0n) is 9.40. The SMILES string of the molecule is OC1=CC=CCC1(n1cccc1)n1cccc1. The van der Waals surface area contributed by atoms with Gasteiger partial charge in [0.2, 0.25) is 0 Å². The Morgan fingerprint density at radius 3 is 1.94 bits per heavy atom. The van der Waals surface area contributed by atoms with Gasteiger partial charge in [0.25, 0.3) is 0 Å². The van der Waals surface area contributed by atoms with Crippen molar-refractivity contribution in [2.75, 3.05) is 0 Å². The Morgan fingerprint density at radius 1 is 0.941 bits per heavy atom. The highest BCUT2D eigenvalue weighted by atomic mass is 16.3. The summed E-state index contributed by atoms with van der Waals surface area (Å²) in [5.74, 6) is 0.354. The molecular weight excluding hydrogens is 212 g/mol. The lowest BCUT2D eigenvalue weighted by atomic mass is 9.98. The second-order valence-electron chi connectivity index (χ2n) is 4.18. The molecule has 0 spiro atoms. The third-order valence-electron chi connectivity index (χ3n) is 3.27. The fourth-order valence-electron chi connectivity index (χ4n) is 2.40. The topological polar surface area (TPSA) is 30.1 Å². The zero-order chi connectivity index (χ0) is 11.7. The smallest absolute Gasteiger partial charge is 0.182 e. The van der Waals surface area contributed by atoms with Crippen molar-refractivity contribution in [2.24, 2.45) is 0 Å². The van der Waals surface area contributed by atoms with Crippen LogP contribution in [0.15, 0.2) is 73.0 Å². The van der Waals surface area contributed by atoms with Gasteiger partial charge in [-0.25, -0.2) is 0 Å². The van der Waals surface area contributed by atoms with Crippen LogP contribution in [0.5, 0.6) is 0 Å². The summed E-state index contributed by atoms with van der Waals surface area (Å²) < 4.78 is 4.06. The third kappa shape index (κ3) is 1.35. The Bertz CT molecular complexity index is 513. The lowest BCUT2D eigenvalue weighted by Gasteiger charge is -2.37. The van der Waals surface area contributed by atoms with Crippen LogP contribution < -0.4 is 0 Å². The van der Waals surface area contributed by atoms with Gasteiger partial charge in [0, 0.05) is 31.2 Å². The van der Waals surface area contributed by atoms with Crippen LogP contribution in [0.1, 0.15) is 6.42 Å². The van der Waals surface area contributed by atoms with E-state index in [0.717, 1.165) is 6.42 Å². The number of allylic oxidation sites excluding steroid dienone is 4. The van der Waals surface area contributed by atoms with Gasteiger partial charge in [0.1, 0.15) is 5.76 Å². The Hall–Kier alpha value is -2.16. The van der Waals surface area contributed by atoms with E-state index in [2.05, 4.69) is 6.08 Å². The molecule has 0 bridgehead atoms. The highest BCUT2D eigenvalue weighted by molar-refractivity contribution is 5.26. The molecule has 3 nitrogen and oxygen atoms in total. The highest BCUT2D eigenvalue weighted by Gasteiger charge is 2.37. The van der Waals surface area contributed by atoms with E-state index in [4.69, 9.17) is 0 Å². The van der Waals surface area contributed by atoms with Crippen LogP contribution >= 0.6 is 0 Å². The summed E-state index contributed by atoms with van der Waals surface area (Å²) in [5.41, 5.74) is -0.554. The quantitative estimate of drug-likeness (QED) is 0.838. The predicted molar refractivity (Wildman–Crippen MR) is 66.7 cm³/mol. The molecule has 17 heavy (non-hydrogen) atoms. The summed E-state index contributed by atoms with van der Waals surface area (Å²) in [6.07, 6.45) is 14.3. The summed E-state index contributed by atoms with van der Waals surface area (Å²) in [6, 6.07) is 7.88. The number of hydrogen-bond acceptors (Lipinski definition) is 1. The van der Waals surface area contributed by atoms with Gasteiger partial charge in [0.05, 0.1) is 0 Å². The zero-order valence-corrected chi connectivity index (χ0v) is 9.40. The van der Waals surface area contributed by atoms with Crippen molar-refractivity contribution >= 4 is 0 Å². The van der Waals surface area contributed by atoms with Crippen molar-refractivity contribution in [3.05, 3.63) is 73.0 Å². The molecule has 2 aromatic rings. The van der Waals surface area contributed by atoms with Crippen LogP contribution in [-0.2, 0) is 5.66 Å². The second kappa shape index (κ2) is 3.70. The van der Waals surface area contributed by atoms with Gasteiger partial charge in [0.15, 0.2) is 5.66 Å². The Labute approximate surface area is 99.9 Å². The van der Waals surface area contributed by atoms with Crippen molar-refractivity contribution in [3.8, 4) is 0 Å².